The van der Waals surface area contributed by atoms with Crippen LogP contribution in [0.1, 0.15) is 21.5 Å². The predicted octanol–water partition coefficient (Wildman–Crippen LogP) is 5.72. The molecule has 2 N–H and O–H groups in total. The molecule has 0 unspecified atom stereocenters. The maximum atomic E-state index is 12.3. The molecular weight excluding hydrogens is 398 g/mol. The van der Waals surface area contributed by atoms with Crippen molar-refractivity contribution in [3.05, 3.63) is 83.4 Å². The summed E-state index contributed by atoms with van der Waals surface area (Å²) >= 11 is 0.740. The van der Waals surface area contributed by atoms with E-state index in [-0.39, 0.29) is 5.12 Å². The van der Waals surface area contributed by atoms with Crippen LogP contribution >= 0.6 is 11.9 Å². The number of aryl methyl sites for hydroxylation is 2. The van der Waals surface area contributed by atoms with E-state index in [0.29, 0.717) is 22.7 Å². The zero-order valence-corrected chi connectivity index (χ0v) is 17.2. The molecule has 0 aliphatic rings. The number of anilines is 1. The van der Waals surface area contributed by atoms with Crippen molar-refractivity contribution in [3.8, 4) is 11.5 Å². The predicted molar refractivity (Wildman–Crippen MR) is 119 cm³/mol. The molecule has 4 rings (SSSR count). The Morgan fingerprint density at radius 2 is 1.73 bits per heavy atom. The number of carbonyl (C=O) groups excluding carboxylic acids is 2. The lowest BCUT2D eigenvalue weighted by Crippen LogP contribution is -2.24. The average molecular weight is 417 g/mol. The zero-order chi connectivity index (χ0) is 21.1. The molecule has 6 nitrogen and oxygen atoms in total. The Bertz CT molecular complexity index is 1200. The molecule has 30 heavy (non-hydrogen) atoms. The smallest absolute Gasteiger partial charge is 0.329 e. The minimum Gasteiger partial charge on any atom is -0.436 e. The molecule has 0 spiro atoms. The van der Waals surface area contributed by atoms with Crippen LogP contribution in [-0.2, 0) is 0 Å². The minimum atomic E-state index is -0.488. The van der Waals surface area contributed by atoms with E-state index in [0.717, 1.165) is 34.2 Å². The van der Waals surface area contributed by atoms with Gasteiger partial charge in [-0.05, 0) is 43.7 Å². The number of carbonyl (C=O) groups is 2. The van der Waals surface area contributed by atoms with Gasteiger partial charge >= 0.3 is 6.03 Å². The molecule has 0 aliphatic carbocycles. The Kier molecular flexibility index (Phi) is 5.54. The fourth-order valence-corrected chi connectivity index (χ4v) is 3.36. The van der Waals surface area contributed by atoms with Gasteiger partial charge in [-0.2, -0.15) is 0 Å². The van der Waals surface area contributed by atoms with E-state index < -0.39 is 6.03 Å². The van der Waals surface area contributed by atoms with E-state index in [1.54, 1.807) is 18.2 Å². The zero-order valence-electron chi connectivity index (χ0n) is 16.4. The number of nitrogens with zero attached hydrogens (tertiary/aromatic N) is 1. The third-order valence-corrected chi connectivity index (χ3v) is 5.26. The monoisotopic (exact) mass is 417 g/mol. The van der Waals surface area contributed by atoms with Crippen molar-refractivity contribution < 1.29 is 14.0 Å². The van der Waals surface area contributed by atoms with Crippen LogP contribution in [0.15, 0.2) is 71.1 Å². The van der Waals surface area contributed by atoms with Crippen LogP contribution in [-0.4, -0.2) is 16.1 Å². The second-order valence-electron chi connectivity index (χ2n) is 6.83. The molecule has 0 fully saturated rings. The van der Waals surface area contributed by atoms with Crippen molar-refractivity contribution in [1.82, 2.24) is 9.71 Å². The highest BCUT2D eigenvalue weighted by Gasteiger charge is 2.13. The van der Waals surface area contributed by atoms with Gasteiger partial charge in [-0.15, -0.1) is 0 Å². The Labute approximate surface area is 177 Å². The molecule has 0 radical (unpaired) electrons. The quantitative estimate of drug-likeness (QED) is 0.416. The van der Waals surface area contributed by atoms with Gasteiger partial charge in [0, 0.05) is 28.8 Å². The van der Waals surface area contributed by atoms with Gasteiger partial charge in [0.25, 0.3) is 0 Å². The number of urea groups is 1. The van der Waals surface area contributed by atoms with Gasteiger partial charge in [-0.25, -0.2) is 9.78 Å². The highest BCUT2D eigenvalue weighted by atomic mass is 32.2. The molecule has 1 aromatic heterocycles. The molecule has 2 amide bonds. The minimum absolute atomic E-state index is 0.234. The molecule has 0 aliphatic heterocycles. The number of aromatic nitrogens is 1. The molecule has 7 heteroatoms. The Morgan fingerprint density at radius 1 is 0.967 bits per heavy atom. The third-order valence-electron chi connectivity index (χ3n) is 4.55. The highest BCUT2D eigenvalue weighted by Crippen LogP contribution is 2.28. The summed E-state index contributed by atoms with van der Waals surface area (Å²) in [7, 11) is 0. The van der Waals surface area contributed by atoms with Gasteiger partial charge in [-0.1, -0.05) is 48.0 Å². The first-order valence-electron chi connectivity index (χ1n) is 9.31. The lowest BCUT2D eigenvalue weighted by atomic mass is 10.1. The van der Waals surface area contributed by atoms with Gasteiger partial charge in [0.15, 0.2) is 5.58 Å². The van der Waals surface area contributed by atoms with Crippen LogP contribution < -0.4 is 10.0 Å². The summed E-state index contributed by atoms with van der Waals surface area (Å²) < 4.78 is 8.33. The van der Waals surface area contributed by atoms with Crippen molar-refractivity contribution in [1.29, 1.82) is 0 Å². The van der Waals surface area contributed by atoms with Crippen LogP contribution in [0, 0.1) is 13.8 Å². The molecule has 0 saturated heterocycles. The highest BCUT2D eigenvalue weighted by molar-refractivity contribution is 8.12. The standard InChI is InChI=1S/C23H19N3O3S/c1-14-7-10-16(11-8-14)22(27)30-26-23(28)25-19-13-17(12-9-15(19)2)21-24-18-5-3-4-6-20(18)29-21/h3-13H,1-2H3,(H2,25,26,28). The second-order valence-corrected chi connectivity index (χ2v) is 7.61. The molecule has 1 heterocycles. The molecule has 3 aromatic carbocycles. The lowest BCUT2D eigenvalue weighted by molar-refractivity contribution is 0.108. The molecule has 4 aromatic rings. The van der Waals surface area contributed by atoms with Crippen LogP contribution in [0.2, 0.25) is 0 Å². The summed E-state index contributed by atoms with van der Waals surface area (Å²) in [5.74, 6) is 0.476. The number of hydrogen-bond acceptors (Lipinski definition) is 5. The average Bonchev–Trinajstić information content (AvgIpc) is 3.18. The van der Waals surface area contributed by atoms with Crippen molar-refractivity contribution in [2.45, 2.75) is 13.8 Å². The SMILES string of the molecule is Cc1ccc(C(=O)SNC(=O)Nc2cc(-c3nc4ccccc4o3)ccc2C)cc1. The summed E-state index contributed by atoms with van der Waals surface area (Å²) in [4.78, 5) is 29.0. The number of rotatable bonds is 3. The first kappa shape index (κ1) is 19.7. The van der Waals surface area contributed by atoms with Gasteiger partial charge < -0.3 is 9.73 Å². The topological polar surface area (TPSA) is 84.2 Å². The third kappa shape index (κ3) is 4.36. The summed E-state index contributed by atoms with van der Waals surface area (Å²) in [6, 6.07) is 19.8. The first-order chi connectivity index (χ1) is 14.5. The fourth-order valence-electron chi connectivity index (χ4n) is 2.87. The van der Waals surface area contributed by atoms with E-state index in [1.165, 1.54) is 0 Å². The number of nitrogens with one attached hydrogen (secondary N) is 2. The van der Waals surface area contributed by atoms with Crippen LogP contribution in [0.3, 0.4) is 0 Å². The normalized spacial score (nSPS) is 10.7. The van der Waals surface area contributed by atoms with Crippen molar-refractivity contribution in [3.63, 3.8) is 0 Å². The van der Waals surface area contributed by atoms with Crippen LogP contribution in [0.4, 0.5) is 10.5 Å². The van der Waals surface area contributed by atoms with E-state index >= 15 is 0 Å². The number of fused-ring (bicyclic) bond motifs is 1. The number of benzene rings is 3. The molecule has 150 valence electrons. The number of amides is 2. The molecule has 0 bridgehead atoms. The Balaban J connectivity index is 1.44. The van der Waals surface area contributed by atoms with Crippen LogP contribution in [0.5, 0.6) is 0 Å². The maximum Gasteiger partial charge on any atom is 0.329 e. The van der Waals surface area contributed by atoms with Gasteiger partial charge in [-0.3, -0.25) is 9.52 Å². The van der Waals surface area contributed by atoms with Gasteiger partial charge in [0.1, 0.15) is 5.52 Å². The molecular formula is C23H19N3O3S. The number of oxazole rings is 1. The maximum absolute atomic E-state index is 12.3. The first-order valence-corrected chi connectivity index (χ1v) is 10.1. The largest absolute Gasteiger partial charge is 0.436 e. The number of para-hydroxylation sites is 2. The summed E-state index contributed by atoms with van der Waals surface area (Å²) in [6.45, 7) is 3.83. The van der Waals surface area contributed by atoms with Crippen LogP contribution in [0.25, 0.3) is 22.6 Å². The Hall–Kier alpha value is -3.58. The Morgan fingerprint density at radius 3 is 2.50 bits per heavy atom. The van der Waals surface area contributed by atoms with E-state index in [2.05, 4.69) is 15.0 Å². The lowest BCUT2D eigenvalue weighted by Gasteiger charge is -2.10. The van der Waals surface area contributed by atoms with Crippen molar-refractivity contribution >= 4 is 39.9 Å². The number of hydrogen-bond donors (Lipinski definition) is 2. The van der Waals surface area contributed by atoms with E-state index in [1.807, 2.05) is 62.4 Å². The summed E-state index contributed by atoms with van der Waals surface area (Å²) in [5, 5.41) is 2.54. The summed E-state index contributed by atoms with van der Waals surface area (Å²) in [6.07, 6.45) is 0. The van der Waals surface area contributed by atoms with Gasteiger partial charge in [0.05, 0.1) is 0 Å². The van der Waals surface area contributed by atoms with E-state index in [4.69, 9.17) is 4.42 Å². The second kappa shape index (κ2) is 8.42. The fraction of sp³-hybridized carbons (Fsp3) is 0.0870. The molecule has 0 saturated carbocycles. The summed E-state index contributed by atoms with van der Waals surface area (Å²) in [5.41, 5.74) is 5.29. The van der Waals surface area contributed by atoms with E-state index in [9.17, 15) is 9.59 Å². The van der Waals surface area contributed by atoms with Gasteiger partial charge in [0.2, 0.25) is 11.0 Å². The molecule has 0 atom stereocenters. The van der Waals surface area contributed by atoms with Crippen molar-refractivity contribution in [2.24, 2.45) is 0 Å². The van der Waals surface area contributed by atoms with Crippen molar-refractivity contribution in [2.75, 3.05) is 5.32 Å².